The van der Waals surface area contributed by atoms with Crippen LogP contribution in [-0.4, -0.2) is 42.2 Å². The Morgan fingerprint density at radius 2 is 1.77 bits per heavy atom. The van der Waals surface area contributed by atoms with Crippen LogP contribution in [0.2, 0.25) is 18.1 Å². The molecule has 0 saturated carbocycles. The molecule has 214 valence electrons. The molecule has 0 amide bonds. The summed E-state index contributed by atoms with van der Waals surface area (Å²) in [7, 11) is -5.13. The highest BCUT2D eigenvalue weighted by Crippen LogP contribution is 2.43. The molecule has 6 nitrogen and oxygen atoms in total. The molecule has 1 N–H and O–H groups in total. The minimum absolute atomic E-state index is 0.0750. The average molecular weight is 581 g/mol. The highest BCUT2D eigenvalue weighted by Gasteiger charge is 2.43. The average Bonchev–Trinajstić information content (AvgIpc) is 2.86. The van der Waals surface area contributed by atoms with Gasteiger partial charge in [-0.05, 0) is 44.1 Å². The summed E-state index contributed by atoms with van der Waals surface area (Å²) in [5, 5.41) is 3.51. The SMILES string of the molecule is CCP(=O)(CC)c1cc2c(N[C@H](C)c3cccc(C(F)(F)CO[Si](C)(C)C(C)(C)C)c3F)nc(C)nc2cn1. The Bertz CT molecular complexity index is 1390. The third-order valence-corrected chi connectivity index (χ3v) is 15.4. The van der Waals surface area contributed by atoms with Crippen molar-refractivity contribution in [1.82, 2.24) is 15.0 Å². The van der Waals surface area contributed by atoms with Crippen LogP contribution in [0.5, 0.6) is 0 Å². The number of nitrogens with one attached hydrogen (secondary N) is 1. The molecule has 2 aromatic heterocycles. The van der Waals surface area contributed by atoms with Gasteiger partial charge < -0.3 is 14.3 Å². The van der Waals surface area contributed by atoms with Gasteiger partial charge in [0.1, 0.15) is 36.6 Å². The number of hydrogen-bond donors (Lipinski definition) is 1. The van der Waals surface area contributed by atoms with Crippen molar-refractivity contribution < 1.29 is 22.2 Å². The lowest BCUT2D eigenvalue weighted by atomic mass is 10.00. The quantitative estimate of drug-likeness (QED) is 0.195. The van der Waals surface area contributed by atoms with E-state index in [1.54, 1.807) is 26.1 Å². The van der Waals surface area contributed by atoms with Crippen LogP contribution in [0.3, 0.4) is 0 Å². The second kappa shape index (κ2) is 11.3. The minimum Gasteiger partial charge on any atom is -0.410 e. The Labute approximate surface area is 230 Å². The number of aryl methyl sites for hydroxylation is 1. The van der Waals surface area contributed by atoms with Crippen LogP contribution in [0.4, 0.5) is 19.0 Å². The van der Waals surface area contributed by atoms with Crippen LogP contribution in [0.25, 0.3) is 10.9 Å². The maximum atomic E-state index is 15.6. The van der Waals surface area contributed by atoms with Crippen molar-refractivity contribution in [2.45, 2.75) is 78.6 Å². The second-order valence-electron chi connectivity index (χ2n) is 11.5. The van der Waals surface area contributed by atoms with E-state index in [1.165, 1.54) is 12.1 Å². The molecule has 39 heavy (non-hydrogen) atoms. The van der Waals surface area contributed by atoms with Crippen molar-refractivity contribution in [2.24, 2.45) is 0 Å². The lowest BCUT2D eigenvalue weighted by Gasteiger charge is -2.37. The molecule has 3 rings (SSSR count). The third-order valence-electron chi connectivity index (χ3n) is 7.78. The Hall–Kier alpha value is -2.29. The fourth-order valence-corrected chi connectivity index (χ4v) is 6.74. The van der Waals surface area contributed by atoms with Gasteiger partial charge in [-0.2, -0.15) is 8.78 Å². The summed E-state index contributed by atoms with van der Waals surface area (Å²) in [6, 6.07) is 5.02. The first-order valence-corrected chi connectivity index (χ1v) is 18.2. The molecule has 3 aromatic rings. The first-order chi connectivity index (χ1) is 18.0. The first kappa shape index (κ1) is 31.2. The molecule has 0 spiro atoms. The summed E-state index contributed by atoms with van der Waals surface area (Å²) >= 11 is 0. The molecule has 11 heteroatoms. The normalized spacial score (nSPS) is 14.1. The maximum Gasteiger partial charge on any atom is 0.297 e. The van der Waals surface area contributed by atoms with E-state index in [1.807, 2.05) is 47.7 Å². The summed E-state index contributed by atoms with van der Waals surface area (Å²) in [5.74, 6) is -3.63. The number of halogens is 3. The van der Waals surface area contributed by atoms with Crippen LogP contribution in [0.15, 0.2) is 30.5 Å². The lowest BCUT2D eigenvalue weighted by molar-refractivity contribution is -0.0536. The van der Waals surface area contributed by atoms with Gasteiger partial charge in [-0.3, -0.25) is 4.98 Å². The predicted octanol–water partition coefficient (Wildman–Crippen LogP) is 7.79. The van der Waals surface area contributed by atoms with Gasteiger partial charge in [-0.1, -0.05) is 46.8 Å². The number of pyridine rings is 1. The third kappa shape index (κ3) is 6.55. The summed E-state index contributed by atoms with van der Waals surface area (Å²) < 4.78 is 65.2. The van der Waals surface area contributed by atoms with E-state index in [-0.39, 0.29) is 10.6 Å². The monoisotopic (exact) mass is 580 g/mol. The van der Waals surface area contributed by atoms with Gasteiger partial charge >= 0.3 is 0 Å². The largest absolute Gasteiger partial charge is 0.410 e. The zero-order valence-corrected chi connectivity index (χ0v) is 26.2. The van der Waals surface area contributed by atoms with Gasteiger partial charge in [0.05, 0.1) is 23.3 Å². The Kier molecular flexibility index (Phi) is 9.05. The molecule has 0 aliphatic rings. The van der Waals surface area contributed by atoms with Gasteiger partial charge in [0.25, 0.3) is 5.92 Å². The fraction of sp³-hybridized carbons (Fsp3) is 0.536. The van der Waals surface area contributed by atoms with E-state index in [4.69, 9.17) is 4.43 Å². The van der Waals surface area contributed by atoms with Crippen molar-refractivity contribution in [3.8, 4) is 0 Å². The van der Waals surface area contributed by atoms with Crippen molar-refractivity contribution in [2.75, 3.05) is 24.2 Å². The summed E-state index contributed by atoms with van der Waals surface area (Å²) in [6.45, 7) is 15.9. The van der Waals surface area contributed by atoms with Crippen molar-refractivity contribution >= 4 is 37.6 Å². The zero-order chi connectivity index (χ0) is 29.4. The maximum absolute atomic E-state index is 15.6. The highest BCUT2D eigenvalue weighted by atomic mass is 31.2. The highest BCUT2D eigenvalue weighted by molar-refractivity contribution is 7.71. The standard InChI is InChI=1S/C28H40F3N4O2PSi/c1-10-38(36,11-2)24-15-21-23(16-32-24)34-19(4)35-26(21)33-18(3)20-13-12-14-22(25(20)29)28(30,31)17-37-39(8,9)27(5,6)7/h12-16,18H,10-11,17H2,1-9H3,(H,33,34,35)/t18-/m1/s1. The number of anilines is 1. The Morgan fingerprint density at radius 3 is 2.36 bits per heavy atom. The summed E-state index contributed by atoms with van der Waals surface area (Å²) in [6.07, 6.45) is 2.51. The van der Waals surface area contributed by atoms with Crippen LogP contribution in [-0.2, 0) is 14.9 Å². The Morgan fingerprint density at radius 1 is 1.13 bits per heavy atom. The molecule has 0 bridgehead atoms. The molecule has 2 heterocycles. The molecule has 0 aliphatic heterocycles. The van der Waals surface area contributed by atoms with Crippen LogP contribution >= 0.6 is 7.14 Å². The molecule has 1 atom stereocenters. The number of aromatic nitrogens is 3. The molecule has 0 unspecified atom stereocenters. The van der Waals surface area contributed by atoms with E-state index in [9.17, 15) is 4.57 Å². The first-order valence-electron chi connectivity index (χ1n) is 13.3. The summed E-state index contributed by atoms with van der Waals surface area (Å²) in [5.41, 5.74) is 0.404. The van der Waals surface area contributed by atoms with Gasteiger partial charge in [-0.25, -0.2) is 14.4 Å². The minimum atomic E-state index is -3.50. The van der Waals surface area contributed by atoms with E-state index >= 15 is 13.2 Å². The van der Waals surface area contributed by atoms with E-state index in [2.05, 4.69) is 20.3 Å². The number of rotatable bonds is 10. The zero-order valence-electron chi connectivity index (χ0n) is 24.3. The molecular formula is C28H40F3N4O2PSi. The molecular weight excluding hydrogens is 540 g/mol. The van der Waals surface area contributed by atoms with Crippen molar-refractivity contribution in [3.63, 3.8) is 0 Å². The molecule has 0 radical (unpaired) electrons. The fourth-order valence-electron chi connectivity index (χ4n) is 4.03. The van der Waals surface area contributed by atoms with E-state index in [0.29, 0.717) is 40.3 Å². The molecule has 1 aromatic carbocycles. The molecule has 0 saturated heterocycles. The van der Waals surface area contributed by atoms with Crippen LogP contribution in [0.1, 0.15) is 64.5 Å². The van der Waals surface area contributed by atoms with Gasteiger partial charge in [0, 0.05) is 23.3 Å². The van der Waals surface area contributed by atoms with Gasteiger partial charge in [0.2, 0.25) is 0 Å². The molecule has 0 aliphatic carbocycles. The molecule has 0 fully saturated rings. The second-order valence-corrected chi connectivity index (χ2v) is 19.8. The van der Waals surface area contributed by atoms with Crippen LogP contribution < -0.4 is 10.8 Å². The predicted molar refractivity (Wildman–Crippen MR) is 156 cm³/mol. The smallest absolute Gasteiger partial charge is 0.297 e. The Balaban J connectivity index is 1.97. The number of benzene rings is 1. The van der Waals surface area contributed by atoms with Crippen molar-refractivity contribution in [1.29, 1.82) is 0 Å². The van der Waals surface area contributed by atoms with Gasteiger partial charge in [0.15, 0.2) is 8.32 Å². The van der Waals surface area contributed by atoms with Crippen molar-refractivity contribution in [3.05, 3.63) is 53.2 Å². The van der Waals surface area contributed by atoms with E-state index in [0.717, 1.165) is 6.07 Å². The lowest BCUT2D eigenvalue weighted by Crippen LogP contribution is -2.43. The van der Waals surface area contributed by atoms with E-state index < -0.39 is 45.4 Å². The van der Waals surface area contributed by atoms with Gasteiger partial charge in [-0.15, -0.1) is 0 Å². The number of fused-ring (bicyclic) bond motifs is 1. The topological polar surface area (TPSA) is 77.0 Å². The summed E-state index contributed by atoms with van der Waals surface area (Å²) in [4.78, 5) is 13.3. The van der Waals surface area contributed by atoms with Crippen LogP contribution in [0, 0.1) is 12.7 Å². The number of hydrogen-bond acceptors (Lipinski definition) is 6. The number of nitrogens with zero attached hydrogens (tertiary/aromatic N) is 3. The number of alkyl halides is 2.